The minimum Gasteiger partial charge on any atom is -0.263 e. The number of pyridine rings is 1. The second kappa shape index (κ2) is 14.4. The normalized spacial score (nSPS) is 13.5. The summed E-state index contributed by atoms with van der Waals surface area (Å²) in [4.78, 5) is 21.0. The van der Waals surface area contributed by atoms with Crippen LogP contribution in [0, 0.1) is 0 Å². The van der Waals surface area contributed by atoms with Crippen LogP contribution in [0.15, 0.2) is 182 Å². The maximum absolute atomic E-state index is 5.38. The van der Waals surface area contributed by atoms with Gasteiger partial charge < -0.3 is 0 Å². The summed E-state index contributed by atoms with van der Waals surface area (Å²) >= 11 is 0. The van der Waals surface area contributed by atoms with Crippen molar-refractivity contribution in [3.05, 3.63) is 205 Å². The summed E-state index contributed by atoms with van der Waals surface area (Å²) in [5, 5.41) is 7.71. The van der Waals surface area contributed by atoms with Gasteiger partial charge in [-0.05, 0) is 83.7 Å². The summed E-state index contributed by atoms with van der Waals surface area (Å²) < 4.78 is 0. The van der Waals surface area contributed by atoms with Gasteiger partial charge in [-0.3, -0.25) is 4.98 Å². The molecule has 0 N–H and O–H groups in total. The first-order chi connectivity index (χ1) is 31.5. The summed E-state index contributed by atoms with van der Waals surface area (Å²) in [6, 6.07) is 62.7. The number of hydrogen-bond acceptors (Lipinski definition) is 4. The van der Waals surface area contributed by atoms with Crippen LogP contribution in [0.2, 0.25) is 39.3 Å². The Morgan fingerprint density at radius 2 is 0.723 bits per heavy atom. The van der Waals surface area contributed by atoms with Crippen LogP contribution >= 0.6 is 0 Å². The average Bonchev–Trinajstić information content (AvgIpc) is 3.79. The van der Waals surface area contributed by atoms with Gasteiger partial charge in [-0.15, -0.1) is 0 Å². The Morgan fingerprint density at radius 3 is 1.22 bits per heavy atom. The first-order valence-corrected chi connectivity index (χ1v) is 29.7. The summed E-state index contributed by atoms with van der Waals surface area (Å²) in [5.74, 6) is 1.91. The van der Waals surface area contributed by atoms with Crippen molar-refractivity contribution >= 4 is 48.1 Å². The van der Waals surface area contributed by atoms with E-state index in [1.54, 1.807) is 0 Å². The maximum Gasteiger partial charge on any atom is 0.165 e. The highest BCUT2D eigenvalue weighted by Gasteiger charge is 2.51. The third-order valence-corrected chi connectivity index (χ3v) is 18.0. The molecule has 0 radical (unpaired) electrons. The highest BCUT2D eigenvalue weighted by molar-refractivity contribution is 6.91. The molecule has 10 aromatic rings. The molecule has 65 heavy (non-hydrogen) atoms. The molecule has 2 aromatic heterocycles. The molecule has 8 aromatic carbocycles. The van der Waals surface area contributed by atoms with Gasteiger partial charge in [-0.2, -0.15) is 0 Å². The van der Waals surface area contributed by atoms with E-state index in [0.29, 0.717) is 17.5 Å². The molecule has 0 fully saturated rings. The Morgan fingerprint density at radius 1 is 0.323 bits per heavy atom. The van der Waals surface area contributed by atoms with Gasteiger partial charge in [0.25, 0.3) is 0 Å². The quantitative estimate of drug-likeness (QED) is 0.156. The summed E-state index contributed by atoms with van der Waals surface area (Å²) in [5.41, 5.74) is 15.0. The Kier molecular flexibility index (Phi) is 8.77. The van der Waals surface area contributed by atoms with Crippen LogP contribution in [0.4, 0.5) is 0 Å². The third-order valence-electron chi connectivity index (χ3n) is 13.9. The molecule has 0 saturated heterocycles. The number of aromatic nitrogens is 4. The Bertz CT molecular complexity index is 3420. The van der Waals surface area contributed by atoms with Crippen LogP contribution in [-0.2, 0) is 5.41 Å². The van der Waals surface area contributed by atoms with Crippen LogP contribution in [0.5, 0.6) is 0 Å². The van der Waals surface area contributed by atoms with E-state index in [4.69, 9.17) is 19.9 Å². The van der Waals surface area contributed by atoms with Crippen molar-refractivity contribution in [3.8, 4) is 67.5 Å². The smallest absolute Gasteiger partial charge is 0.165 e. The van der Waals surface area contributed by atoms with Crippen molar-refractivity contribution in [1.29, 1.82) is 0 Å². The lowest BCUT2D eigenvalue weighted by Gasteiger charge is -2.30. The van der Waals surface area contributed by atoms with Crippen molar-refractivity contribution in [2.45, 2.75) is 44.7 Å². The molecule has 4 nitrogen and oxygen atoms in total. The van der Waals surface area contributed by atoms with Gasteiger partial charge in [-0.1, -0.05) is 207 Å². The van der Waals surface area contributed by atoms with Crippen LogP contribution in [0.3, 0.4) is 0 Å². The SMILES string of the molecule is C[Si](C)(C)c1ccc(-c2nc(-c3cncc(-c4ccc5c(c4)C4(c6ccccc6-c6ccccc64)c4ccccc4-5)c3)nc(-c3ccc([Si](C)(C)C)c4ccccc34)n2)c2ccccc12. The van der Waals surface area contributed by atoms with Crippen molar-refractivity contribution in [3.63, 3.8) is 0 Å². The van der Waals surface area contributed by atoms with E-state index in [9.17, 15) is 0 Å². The van der Waals surface area contributed by atoms with Crippen LogP contribution in [0.25, 0.3) is 89.1 Å². The van der Waals surface area contributed by atoms with Gasteiger partial charge in [0, 0.05) is 34.6 Å². The number of rotatable bonds is 6. The standard InChI is InChI=1S/C59H48N4Si2/c1-64(2,3)54-31-29-48(40-17-7-9-22-46(40)54)57-61-56(62-58(63-57)49-30-32-55(65(4,5)6)47-23-10-8-18-41(47)49)39-33-38(35-60-36-39)37-27-28-45-44-21-13-16-26-52(44)59(53(45)34-37)50-24-14-11-19-42(50)43-20-12-15-25-51(43)59/h7-36H,1-6H3. The molecule has 2 aliphatic carbocycles. The zero-order valence-corrected chi connectivity index (χ0v) is 39.6. The largest absolute Gasteiger partial charge is 0.263 e. The predicted molar refractivity (Wildman–Crippen MR) is 277 cm³/mol. The lowest BCUT2D eigenvalue weighted by molar-refractivity contribution is 0.794. The van der Waals surface area contributed by atoms with Crippen molar-refractivity contribution in [2.24, 2.45) is 0 Å². The lowest BCUT2D eigenvalue weighted by atomic mass is 9.70. The highest BCUT2D eigenvalue weighted by Crippen LogP contribution is 2.63. The molecule has 0 amide bonds. The van der Waals surface area contributed by atoms with Crippen LogP contribution in [-0.4, -0.2) is 36.1 Å². The number of benzene rings is 8. The molecule has 0 saturated carbocycles. The Labute approximate surface area is 382 Å². The fraction of sp³-hybridized carbons (Fsp3) is 0.119. The van der Waals surface area contributed by atoms with Crippen molar-refractivity contribution in [2.75, 3.05) is 0 Å². The van der Waals surface area contributed by atoms with E-state index in [1.165, 1.54) is 65.7 Å². The molecular formula is C59H48N4Si2. The van der Waals surface area contributed by atoms with E-state index in [1.807, 2.05) is 12.4 Å². The molecule has 2 heterocycles. The number of fused-ring (bicyclic) bond motifs is 12. The molecule has 2 aliphatic rings. The average molecular weight is 869 g/mol. The molecule has 12 rings (SSSR count). The summed E-state index contributed by atoms with van der Waals surface area (Å²) in [7, 11) is -3.34. The fourth-order valence-electron chi connectivity index (χ4n) is 11.0. The first kappa shape index (κ1) is 39.5. The molecular weight excluding hydrogens is 821 g/mol. The second-order valence-electron chi connectivity index (χ2n) is 19.8. The fourth-order valence-corrected chi connectivity index (χ4v) is 14.3. The van der Waals surface area contributed by atoms with E-state index >= 15 is 0 Å². The van der Waals surface area contributed by atoms with Crippen LogP contribution < -0.4 is 10.4 Å². The van der Waals surface area contributed by atoms with E-state index in [0.717, 1.165) is 38.6 Å². The van der Waals surface area contributed by atoms with Gasteiger partial charge >= 0.3 is 0 Å². The third kappa shape index (κ3) is 6.01. The Balaban J connectivity index is 1.06. The molecule has 1 spiro atoms. The van der Waals surface area contributed by atoms with Gasteiger partial charge in [0.1, 0.15) is 0 Å². The lowest BCUT2D eigenvalue weighted by Crippen LogP contribution is -2.38. The van der Waals surface area contributed by atoms with Crippen LogP contribution in [0.1, 0.15) is 22.3 Å². The van der Waals surface area contributed by atoms with Crippen molar-refractivity contribution in [1.82, 2.24) is 19.9 Å². The van der Waals surface area contributed by atoms with Gasteiger partial charge in [0.15, 0.2) is 17.5 Å². The monoisotopic (exact) mass is 868 g/mol. The summed E-state index contributed by atoms with van der Waals surface area (Å²) in [6.45, 7) is 14.5. The van der Waals surface area contributed by atoms with Gasteiger partial charge in [0.2, 0.25) is 0 Å². The first-order valence-electron chi connectivity index (χ1n) is 22.7. The van der Waals surface area contributed by atoms with E-state index in [-0.39, 0.29) is 0 Å². The zero-order valence-electron chi connectivity index (χ0n) is 37.6. The number of hydrogen-bond donors (Lipinski definition) is 0. The zero-order chi connectivity index (χ0) is 44.2. The molecule has 0 aliphatic heterocycles. The molecule has 6 heteroatoms. The van der Waals surface area contributed by atoms with E-state index in [2.05, 4.69) is 209 Å². The molecule has 0 bridgehead atoms. The Hall–Kier alpha value is -7.13. The number of nitrogens with zero attached hydrogens (tertiary/aromatic N) is 4. The van der Waals surface area contributed by atoms with Gasteiger partial charge in [0.05, 0.1) is 21.6 Å². The highest BCUT2D eigenvalue weighted by atomic mass is 28.3. The summed E-state index contributed by atoms with van der Waals surface area (Å²) in [6.07, 6.45) is 3.88. The molecule has 0 unspecified atom stereocenters. The predicted octanol–water partition coefficient (Wildman–Crippen LogP) is 13.7. The van der Waals surface area contributed by atoms with E-state index < -0.39 is 21.6 Å². The van der Waals surface area contributed by atoms with Gasteiger partial charge in [-0.25, -0.2) is 15.0 Å². The molecule has 312 valence electrons. The second-order valence-corrected chi connectivity index (χ2v) is 29.9. The topological polar surface area (TPSA) is 51.6 Å². The minimum absolute atomic E-state index is 0.431. The minimum atomic E-state index is -1.67. The van der Waals surface area contributed by atoms with Crippen molar-refractivity contribution < 1.29 is 0 Å². The maximum atomic E-state index is 5.38. The molecule has 0 atom stereocenters.